The number of rotatable bonds is 7. The highest BCUT2D eigenvalue weighted by Crippen LogP contribution is 2.36. The highest BCUT2D eigenvalue weighted by Gasteiger charge is 2.12. The molecule has 1 rings (SSSR count). The van der Waals surface area contributed by atoms with Crippen LogP contribution >= 0.6 is 11.6 Å². The Kier molecular flexibility index (Phi) is 6.55. The van der Waals surface area contributed by atoms with Crippen LogP contribution in [0.4, 0.5) is 0 Å². The average Bonchev–Trinajstić information content (AvgIpc) is 2.42. The second kappa shape index (κ2) is 7.93. The summed E-state index contributed by atoms with van der Waals surface area (Å²) >= 11 is 6.20. The van der Waals surface area contributed by atoms with Crippen LogP contribution in [0.5, 0.6) is 11.5 Å². The van der Waals surface area contributed by atoms with Crippen molar-refractivity contribution in [2.45, 2.75) is 32.9 Å². The van der Waals surface area contributed by atoms with Crippen LogP contribution in [0.15, 0.2) is 12.1 Å². The van der Waals surface area contributed by atoms with Gasteiger partial charge in [0.25, 0.3) is 0 Å². The third kappa shape index (κ3) is 4.66. The molecule has 0 bridgehead atoms. The number of terminal acetylenes is 1. The van der Waals surface area contributed by atoms with Crippen molar-refractivity contribution in [1.82, 2.24) is 5.32 Å². The molecule has 1 atom stereocenters. The third-order valence-corrected chi connectivity index (χ3v) is 3.14. The molecule has 0 radical (unpaired) electrons. The van der Waals surface area contributed by atoms with Gasteiger partial charge in [0.1, 0.15) is 6.61 Å². The maximum Gasteiger partial charge on any atom is 0.181 e. The molecule has 0 saturated heterocycles. The van der Waals surface area contributed by atoms with Gasteiger partial charge in [0, 0.05) is 12.6 Å². The first kappa shape index (κ1) is 15.7. The molecular weight excluding hydrogens is 262 g/mol. The Hall–Kier alpha value is -1.37. The maximum absolute atomic E-state index is 6.20. The zero-order valence-corrected chi connectivity index (χ0v) is 12.4. The van der Waals surface area contributed by atoms with E-state index in [0.29, 0.717) is 22.6 Å². The van der Waals surface area contributed by atoms with Gasteiger partial charge in [-0.2, -0.15) is 0 Å². The van der Waals surface area contributed by atoms with E-state index in [4.69, 9.17) is 27.5 Å². The van der Waals surface area contributed by atoms with Gasteiger partial charge in [-0.15, -0.1) is 6.42 Å². The Morgan fingerprint density at radius 1 is 1.47 bits per heavy atom. The molecule has 0 heterocycles. The highest BCUT2D eigenvalue weighted by atomic mass is 35.5. The Bertz CT molecular complexity index is 454. The van der Waals surface area contributed by atoms with Gasteiger partial charge in [-0.25, -0.2) is 0 Å². The summed E-state index contributed by atoms with van der Waals surface area (Å²) in [5, 5.41) is 3.91. The molecule has 1 aromatic carbocycles. The fraction of sp³-hybridized carbons (Fsp3) is 0.467. The Labute approximate surface area is 120 Å². The highest BCUT2D eigenvalue weighted by molar-refractivity contribution is 6.32. The third-order valence-electron chi connectivity index (χ3n) is 2.86. The van der Waals surface area contributed by atoms with Gasteiger partial charge in [-0.05, 0) is 31.0 Å². The number of hydrogen-bond acceptors (Lipinski definition) is 3. The fourth-order valence-electron chi connectivity index (χ4n) is 1.57. The zero-order chi connectivity index (χ0) is 14.3. The van der Waals surface area contributed by atoms with Crippen LogP contribution in [0.1, 0.15) is 25.8 Å². The molecule has 4 heteroatoms. The fourth-order valence-corrected chi connectivity index (χ4v) is 1.85. The summed E-state index contributed by atoms with van der Waals surface area (Å²) in [6.45, 7) is 5.19. The van der Waals surface area contributed by atoms with Crippen molar-refractivity contribution in [3.8, 4) is 23.8 Å². The maximum atomic E-state index is 6.20. The molecule has 3 nitrogen and oxygen atoms in total. The van der Waals surface area contributed by atoms with Crippen molar-refractivity contribution >= 4 is 11.6 Å². The summed E-state index contributed by atoms with van der Waals surface area (Å²) in [6, 6.07) is 4.24. The lowest BCUT2D eigenvalue weighted by Gasteiger charge is -2.15. The molecular formula is C15H20ClNO2. The molecule has 0 aliphatic rings. The molecule has 0 aliphatic carbocycles. The lowest BCUT2D eigenvalue weighted by molar-refractivity contribution is 0.330. The van der Waals surface area contributed by atoms with Crippen LogP contribution in [0.25, 0.3) is 0 Å². The minimum atomic E-state index is 0.167. The molecule has 1 aromatic rings. The van der Waals surface area contributed by atoms with E-state index in [1.807, 2.05) is 12.1 Å². The Morgan fingerprint density at radius 2 is 2.21 bits per heavy atom. The number of nitrogens with one attached hydrogen (secondary N) is 1. The van der Waals surface area contributed by atoms with E-state index >= 15 is 0 Å². The summed E-state index contributed by atoms with van der Waals surface area (Å²) in [4.78, 5) is 0. The molecule has 19 heavy (non-hydrogen) atoms. The van der Waals surface area contributed by atoms with E-state index in [1.165, 1.54) is 0 Å². The first-order valence-corrected chi connectivity index (χ1v) is 6.66. The van der Waals surface area contributed by atoms with E-state index in [9.17, 15) is 0 Å². The number of benzene rings is 1. The molecule has 0 amide bonds. The monoisotopic (exact) mass is 281 g/mol. The van der Waals surface area contributed by atoms with Crippen LogP contribution < -0.4 is 14.8 Å². The van der Waals surface area contributed by atoms with E-state index in [0.717, 1.165) is 18.5 Å². The Balaban J connectivity index is 2.86. The predicted molar refractivity (Wildman–Crippen MR) is 78.9 cm³/mol. The molecule has 0 saturated carbocycles. The van der Waals surface area contributed by atoms with Crippen molar-refractivity contribution in [2.75, 3.05) is 13.7 Å². The van der Waals surface area contributed by atoms with E-state index in [2.05, 4.69) is 25.1 Å². The number of halogens is 1. The summed E-state index contributed by atoms with van der Waals surface area (Å²) in [5.74, 6) is 3.50. The van der Waals surface area contributed by atoms with Gasteiger partial charge in [-0.3, -0.25) is 0 Å². The van der Waals surface area contributed by atoms with Crippen molar-refractivity contribution in [1.29, 1.82) is 0 Å². The molecule has 0 fully saturated rings. The topological polar surface area (TPSA) is 30.5 Å². The van der Waals surface area contributed by atoms with Gasteiger partial charge in [-0.1, -0.05) is 24.4 Å². The summed E-state index contributed by atoms with van der Waals surface area (Å²) in [5.41, 5.74) is 1.05. The normalized spacial score (nSPS) is 11.7. The van der Waals surface area contributed by atoms with E-state index in [1.54, 1.807) is 7.11 Å². The average molecular weight is 282 g/mol. The predicted octanol–water partition coefficient (Wildman–Crippen LogP) is 3.25. The molecule has 0 spiro atoms. The van der Waals surface area contributed by atoms with Gasteiger partial charge < -0.3 is 14.8 Å². The van der Waals surface area contributed by atoms with E-state index < -0.39 is 0 Å². The van der Waals surface area contributed by atoms with E-state index in [-0.39, 0.29) is 6.61 Å². The first-order valence-electron chi connectivity index (χ1n) is 6.28. The molecule has 0 aliphatic heterocycles. The summed E-state index contributed by atoms with van der Waals surface area (Å²) in [6.07, 6.45) is 6.25. The number of hydrogen-bond donors (Lipinski definition) is 1. The largest absolute Gasteiger partial charge is 0.493 e. The SMILES string of the molecule is C#CCOc1c(Cl)cc(CN[C@@H](C)CC)cc1OC. The van der Waals surface area contributed by atoms with Crippen LogP contribution in [0.3, 0.4) is 0 Å². The quantitative estimate of drug-likeness (QED) is 0.778. The van der Waals surface area contributed by atoms with Crippen molar-refractivity contribution < 1.29 is 9.47 Å². The van der Waals surface area contributed by atoms with Crippen molar-refractivity contribution in [3.05, 3.63) is 22.7 Å². The van der Waals surface area contributed by atoms with Crippen LogP contribution in [-0.2, 0) is 6.54 Å². The zero-order valence-electron chi connectivity index (χ0n) is 11.6. The summed E-state index contributed by atoms with van der Waals surface area (Å²) < 4.78 is 10.7. The van der Waals surface area contributed by atoms with Gasteiger partial charge >= 0.3 is 0 Å². The smallest absolute Gasteiger partial charge is 0.181 e. The summed E-state index contributed by atoms with van der Waals surface area (Å²) in [7, 11) is 1.58. The minimum Gasteiger partial charge on any atom is -0.493 e. The van der Waals surface area contributed by atoms with Crippen LogP contribution in [-0.4, -0.2) is 19.8 Å². The Morgan fingerprint density at radius 3 is 2.79 bits per heavy atom. The van der Waals surface area contributed by atoms with Crippen LogP contribution in [0, 0.1) is 12.3 Å². The van der Waals surface area contributed by atoms with Crippen LogP contribution in [0.2, 0.25) is 5.02 Å². The van der Waals surface area contributed by atoms with Gasteiger partial charge in [0.05, 0.1) is 12.1 Å². The van der Waals surface area contributed by atoms with Crippen molar-refractivity contribution in [3.63, 3.8) is 0 Å². The number of methoxy groups -OCH3 is 1. The second-order valence-corrected chi connectivity index (χ2v) is 4.70. The lowest BCUT2D eigenvalue weighted by atomic mass is 10.1. The molecule has 1 N–H and O–H groups in total. The molecule has 0 aromatic heterocycles. The van der Waals surface area contributed by atoms with Gasteiger partial charge in [0.2, 0.25) is 0 Å². The number of ether oxygens (including phenoxy) is 2. The second-order valence-electron chi connectivity index (χ2n) is 4.29. The molecule has 0 unspecified atom stereocenters. The minimum absolute atomic E-state index is 0.167. The standard InChI is InChI=1S/C15H20ClNO2/c1-5-7-19-15-13(16)8-12(9-14(15)18-4)10-17-11(3)6-2/h1,8-9,11,17H,6-7,10H2,2-4H3/t11-/m0/s1. The lowest BCUT2D eigenvalue weighted by Crippen LogP contribution is -2.24. The van der Waals surface area contributed by atoms with Crippen molar-refractivity contribution in [2.24, 2.45) is 0 Å². The molecule has 104 valence electrons. The first-order chi connectivity index (χ1) is 9.12. The van der Waals surface area contributed by atoms with Gasteiger partial charge in [0.15, 0.2) is 11.5 Å².